The molecule has 1 atom stereocenters. The van der Waals surface area contributed by atoms with Gasteiger partial charge in [-0.2, -0.15) is 0 Å². The fraction of sp³-hybridized carbons (Fsp3) is 0.400. The molecule has 1 fully saturated rings. The predicted octanol–water partition coefficient (Wildman–Crippen LogP) is 4.02. The summed E-state index contributed by atoms with van der Waals surface area (Å²) in [6, 6.07) is 4.87. The fourth-order valence-corrected chi connectivity index (χ4v) is 5.39. The number of allylic oxidation sites excluding steroid dienone is 1. The number of hydrogen-bond donors (Lipinski definition) is 0. The van der Waals surface area contributed by atoms with Crippen LogP contribution in [-0.2, 0) is 14.3 Å². The number of fused-ring (bicyclic) bond motifs is 1. The second-order valence-corrected chi connectivity index (χ2v) is 8.99. The first-order valence-electron chi connectivity index (χ1n) is 11.2. The summed E-state index contributed by atoms with van der Waals surface area (Å²) in [5.74, 6) is 0.805. The second-order valence-electron chi connectivity index (χ2n) is 8.15. The molecule has 3 aliphatic rings. The van der Waals surface area contributed by atoms with Crippen LogP contribution in [0.1, 0.15) is 37.8 Å². The van der Waals surface area contributed by atoms with Gasteiger partial charge in [-0.15, -0.1) is 0 Å². The van der Waals surface area contributed by atoms with E-state index in [-0.39, 0.29) is 18.9 Å². The Morgan fingerprint density at radius 3 is 2.68 bits per heavy atom. The normalized spacial score (nSPS) is 19.4. The third-order valence-corrected chi connectivity index (χ3v) is 6.96. The van der Waals surface area contributed by atoms with Gasteiger partial charge in [0.25, 0.3) is 0 Å². The van der Waals surface area contributed by atoms with E-state index in [0.29, 0.717) is 27.9 Å². The Labute approximate surface area is 203 Å². The van der Waals surface area contributed by atoms with Crippen molar-refractivity contribution in [1.82, 2.24) is 9.80 Å². The van der Waals surface area contributed by atoms with E-state index < -0.39 is 12.0 Å². The van der Waals surface area contributed by atoms with E-state index in [1.54, 1.807) is 27.2 Å². The SMILES string of the molecule is C=CCOC(=O)C1=C(C)N=C2SC=C(CC(=O)N3CCCC3)N2[C@H]1c1cc(OC)ccc1OC. The van der Waals surface area contributed by atoms with Crippen molar-refractivity contribution in [1.29, 1.82) is 0 Å². The number of hydrogen-bond acceptors (Lipinski definition) is 8. The number of amides is 1. The van der Waals surface area contributed by atoms with Gasteiger partial charge in [0.2, 0.25) is 5.91 Å². The van der Waals surface area contributed by atoms with Crippen LogP contribution in [0.15, 0.2) is 58.2 Å². The first kappa shape index (κ1) is 23.9. The van der Waals surface area contributed by atoms with Crippen LogP contribution >= 0.6 is 11.8 Å². The number of carbonyl (C=O) groups is 2. The van der Waals surface area contributed by atoms with Gasteiger partial charge in [-0.05, 0) is 43.4 Å². The van der Waals surface area contributed by atoms with Crippen LogP contribution < -0.4 is 9.47 Å². The van der Waals surface area contributed by atoms with Crippen molar-refractivity contribution in [3.05, 3.63) is 58.8 Å². The van der Waals surface area contributed by atoms with E-state index in [0.717, 1.165) is 37.2 Å². The molecule has 8 nitrogen and oxygen atoms in total. The van der Waals surface area contributed by atoms with Crippen molar-refractivity contribution in [2.45, 2.75) is 32.2 Å². The van der Waals surface area contributed by atoms with Gasteiger partial charge in [-0.3, -0.25) is 4.79 Å². The lowest BCUT2D eigenvalue weighted by Gasteiger charge is -2.37. The Morgan fingerprint density at radius 1 is 1.24 bits per heavy atom. The average molecular weight is 484 g/mol. The molecule has 0 saturated carbocycles. The Balaban J connectivity index is 1.79. The average Bonchev–Trinajstić information content (AvgIpc) is 3.52. The van der Waals surface area contributed by atoms with Crippen molar-refractivity contribution in [2.75, 3.05) is 33.9 Å². The van der Waals surface area contributed by atoms with Crippen molar-refractivity contribution in [2.24, 2.45) is 4.99 Å². The van der Waals surface area contributed by atoms with E-state index in [1.165, 1.54) is 17.8 Å². The fourth-order valence-electron chi connectivity index (χ4n) is 4.42. The van der Waals surface area contributed by atoms with Crippen LogP contribution in [0, 0.1) is 0 Å². The quantitative estimate of drug-likeness (QED) is 0.408. The topological polar surface area (TPSA) is 80.7 Å². The number of benzene rings is 1. The van der Waals surface area contributed by atoms with E-state index in [4.69, 9.17) is 19.2 Å². The van der Waals surface area contributed by atoms with Crippen molar-refractivity contribution < 1.29 is 23.8 Å². The third kappa shape index (κ3) is 4.57. The van der Waals surface area contributed by atoms with Crippen LogP contribution in [0.2, 0.25) is 0 Å². The highest BCUT2D eigenvalue weighted by Gasteiger charge is 2.42. The molecule has 0 unspecified atom stereocenters. The van der Waals surface area contributed by atoms with Gasteiger partial charge in [0, 0.05) is 24.4 Å². The van der Waals surface area contributed by atoms with Crippen LogP contribution in [0.4, 0.5) is 0 Å². The van der Waals surface area contributed by atoms with Crippen LogP contribution in [0.5, 0.6) is 11.5 Å². The summed E-state index contributed by atoms with van der Waals surface area (Å²) in [6.07, 6.45) is 3.81. The molecule has 3 heterocycles. The van der Waals surface area contributed by atoms with Crippen molar-refractivity contribution in [3.8, 4) is 11.5 Å². The molecule has 9 heteroatoms. The number of likely N-dealkylation sites (tertiary alicyclic amines) is 1. The molecule has 1 saturated heterocycles. The van der Waals surface area contributed by atoms with E-state index in [9.17, 15) is 9.59 Å². The number of amidine groups is 1. The lowest BCUT2D eigenvalue weighted by molar-refractivity contribution is -0.138. The Morgan fingerprint density at radius 2 is 2.00 bits per heavy atom. The number of nitrogens with zero attached hydrogens (tertiary/aromatic N) is 3. The summed E-state index contributed by atoms with van der Waals surface area (Å²) in [6.45, 7) is 7.08. The highest BCUT2D eigenvalue weighted by atomic mass is 32.2. The lowest BCUT2D eigenvalue weighted by Crippen LogP contribution is -2.38. The maximum Gasteiger partial charge on any atom is 0.338 e. The monoisotopic (exact) mass is 483 g/mol. The summed E-state index contributed by atoms with van der Waals surface area (Å²) < 4.78 is 16.6. The van der Waals surface area contributed by atoms with Gasteiger partial charge in [0.15, 0.2) is 5.17 Å². The predicted molar refractivity (Wildman–Crippen MR) is 132 cm³/mol. The summed E-state index contributed by atoms with van der Waals surface area (Å²) in [5.41, 5.74) is 2.46. The van der Waals surface area contributed by atoms with Crippen LogP contribution in [0.3, 0.4) is 0 Å². The Kier molecular flexibility index (Phi) is 7.31. The zero-order valence-corrected chi connectivity index (χ0v) is 20.5. The molecular weight excluding hydrogens is 454 g/mol. The number of aliphatic imine (C=N–C) groups is 1. The third-order valence-electron chi connectivity index (χ3n) is 6.08. The molecule has 0 N–H and O–H groups in total. The molecule has 0 aliphatic carbocycles. The minimum atomic E-state index is -0.595. The lowest BCUT2D eigenvalue weighted by atomic mass is 9.92. The van der Waals surface area contributed by atoms with Gasteiger partial charge in [0.1, 0.15) is 18.1 Å². The molecule has 1 aromatic carbocycles. The molecule has 34 heavy (non-hydrogen) atoms. The standard InChI is InChI=1S/C25H29N3O5S/c1-5-12-33-24(30)22-16(2)26-25-28(17(15-34-25)13-21(29)27-10-6-7-11-27)23(22)19-14-18(31-3)8-9-20(19)32-4/h5,8-9,14-15,23H,1,6-7,10-13H2,2-4H3/t23-/m0/s1. The number of rotatable bonds is 8. The van der Waals surface area contributed by atoms with Crippen LogP contribution in [0.25, 0.3) is 0 Å². The maximum atomic E-state index is 13.2. The minimum Gasteiger partial charge on any atom is -0.497 e. The smallest absolute Gasteiger partial charge is 0.338 e. The summed E-state index contributed by atoms with van der Waals surface area (Å²) in [7, 11) is 3.17. The molecule has 180 valence electrons. The summed E-state index contributed by atoms with van der Waals surface area (Å²) in [4.78, 5) is 34.8. The van der Waals surface area contributed by atoms with Crippen molar-refractivity contribution >= 4 is 28.8 Å². The molecule has 3 aliphatic heterocycles. The summed E-state index contributed by atoms with van der Waals surface area (Å²) >= 11 is 1.44. The number of methoxy groups -OCH3 is 2. The second kappa shape index (κ2) is 10.4. The molecule has 1 aromatic rings. The number of ether oxygens (including phenoxy) is 3. The first-order valence-corrected chi connectivity index (χ1v) is 12.1. The molecule has 0 aromatic heterocycles. The van der Waals surface area contributed by atoms with E-state index >= 15 is 0 Å². The Bertz CT molecular complexity index is 1090. The Hall–Kier alpha value is -3.20. The minimum absolute atomic E-state index is 0.0732. The molecule has 0 radical (unpaired) electrons. The van der Waals surface area contributed by atoms with Gasteiger partial charge < -0.3 is 24.0 Å². The number of carbonyl (C=O) groups excluding carboxylic acids is 2. The van der Waals surface area contributed by atoms with E-state index in [2.05, 4.69) is 6.58 Å². The molecule has 0 spiro atoms. The summed E-state index contributed by atoms with van der Waals surface area (Å²) in [5, 5.41) is 2.65. The van der Waals surface area contributed by atoms with Crippen LogP contribution in [-0.4, -0.2) is 60.8 Å². The molecule has 0 bridgehead atoms. The van der Waals surface area contributed by atoms with Gasteiger partial charge >= 0.3 is 5.97 Å². The van der Waals surface area contributed by atoms with Gasteiger partial charge in [-0.25, -0.2) is 9.79 Å². The largest absolute Gasteiger partial charge is 0.497 e. The van der Waals surface area contributed by atoms with E-state index in [1.807, 2.05) is 27.3 Å². The van der Waals surface area contributed by atoms with Gasteiger partial charge in [0.05, 0.1) is 38.0 Å². The molecule has 1 amide bonds. The first-order chi connectivity index (χ1) is 16.5. The van der Waals surface area contributed by atoms with Crippen molar-refractivity contribution in [3.63, 3.8) is 0 Å². The molecular formula is C25H29N3O5S. The highest BCUT2D eigenvalue weighted by molar-refractivity contribution is 8.16. The van der Waals surface area contributed by atoms with Gasteiger partial charge in [-0.1, -0.05) is 24.4 Å². The zero-order valence-electron chi connectivity index (χ0n) is 19.7. The molecule has 4 rings (SSSR count). The number of esters is 1. The zero-order chi connectivity index (χ0) is 24.2. The highest BCUT2D eigenvalue weighted by Crippen LogP contribution is 2.47. The number of thioether (sulfide) groups is 1. The maximum absolute atomic E-state index is 13.2.